The van der Waals surface area contributed by atoms with Gasteiger partial charge in [0.1, 0.15) is 11.0 Å². The molecule has 0 fully saturated rings. The summed E-state index contributed by atoms with van der Waals surface area (Å²) in [5, 5.41) is 9.40. The zero-order valence-electron chi connectivity index (χ0n) is 14.4. The Morgan fingerprint density at radius 3 is 2.28 bits per heavy atom. The number of rotatable bonds is 4. The van der Waals surface area contributed by atoms with Crippen LogP contribution in [0.25, 0.3) is 6.08 Å². The number of carbonyl (C=O) groups excluding carboxylic acids is 1. The summed E-state index contributed by atoms with van der Waals surface area (Å²) in [5.74, 6) is -0.599. The van der Waals surface area contributed by atoms with E-state index in [2.05, 4.69) is 4.98 Å². The van der Waals surface area contributed by atoms with Crippen molar-refractivity contribution >= 4 is 21.9 Å². The van der Waals surface area contributed by atoms with Crippen molar-refractivity contribution in [3.63, 3.8) is 0 Å². The highest BCUT2D eigenvalue weighted by atomic mass is 32.2. The van der Waals surface area contributed by atoms with Crippen molar-refractivity contribution in [2.24, 2.45) is 0 Å². The minimum absolute atomic E-state index is 0.0235. The van der Waals surface area contributed by atoms with Crippen LogP contribution in [0.4, 0.5) is 0 Å². The van der Waals surface area contributed by atoms with E-state index in [0.29, 0.717) is 17.0 Å². The normalized spacial score (nSPS) is 11.9. The van der Waals surface area contributed by atoms with Gasteiger partial charge in [0.15, 0.2) is 0 Å². The number of sulfone groups is 1. The molecule has 25 heavy (non-hydrogen) atoms. The molecule has 6 nitrogen and oxygen atoms in total. The number of nitrogens with one attached hydrogen (secondary N) is 1. The number of carbonyl (C=O) groups is 1. The number of ether oxygens (including phenoxy) is 1. The van der Waals surface area contributed by atoms with Gasteiger partial charge in [-0.15, -0.1) is 0 Å². The number of H-pyrrole nitrogens is 1. The van der Waals surface area contributed by atoms with Crippen molar-refractivity contribution < 1.29 is 17.9 Å². The lowest BCUT2D eigenvalue weighted by Gasteiger charge is -2.05. The van der Waals surface area contributed by atoms with Crippen LogP contribution in [0, 0.1) is 32.1 Å². The Morgan fingerprint density at radius 2 is 1.76 bits per heavy atom. The van der Waals surface area contributed by atoms with Crippen molar-refractivity contribution in [2.45, 2.75) is 25.7 Å². The molecule has 0 amide bonds. The van der Waals surface area contributed by atoms with Gasteiger partial charge in [0, 0.05) is 17.0 Å². The third-order valence-electron chi connectivity index (χ3n) is 3.82. The fourth-order valence-corrected chi connectivity index (χ4v) is 3.63. The van der Waals surface area contributed by atoms with Gasteiger partial charge in [0.2, 0.25) is 9.84 Å². The first-order valence-electron chi connectivity index (χ1n) is 7.43. The zero-order chi connectivity index (χ0) is 18.8. The Bertz CT molecular complexity index is 991. The molecular formula is C18H18N2O4S. The number of hydrogen-bond donors (Lipinski definition) is 1. The van der Waals surface area contributed by atoms with E-state index in [-0.39, 0.29) is 10.5 Å². The van der Waals surface area contributed by atoms with Crippen molar-refractivity contribution in [3.05, 3.63) is 57.2 Å². The van der Waals surface area contributed by atoms with Gasteiger partial charge in [-0.3, -0.25) is 0 Å². The maximum absolute atomic E-state index is 12.7. The average Bonchev–Trinajstić information content (AvgIpc) is 2.85. The van der Waals surface area contributed by atoms with Crippen molar-refractivity contribution in [2.75, 3.05) is 7.11 Å². The molecule has 1 N–H and O–H groups in total. The first kappa shape index (κ1) is 18.5. The number of benzene rings is 1. The van der Waals surface area contributed by atoms with Crippen LogP contribution in [0.5, 0.6) is 0 Å². The minimum atomic E-state index is -3.99. The topological polar surface area (TPSA) is 100 Å². The van der Waals surface area contributed by atoms with Crippen LogP contribution >= 0.6 is 0 Å². The molecule has 0 saturated carbocycles. The van der Waals surface area contributed by atoms with E-state index >= 15 is 0 Å². The fraction of sp³-hybridized carbons (Fsp3) is 0.222. The van der Waals surface area contributed by atoms with Gasteiger partial charge < -0.3 is 9.72 Å². The second-order valence-electron chi connectivity index (χ2n) is 5.59. The van der Waals surface area contributed by atoms with Gasteiger partial charge in [0.05, 0.1) is 17.6 Å². The molecule has 0 bridgehead atoms. The highest BCUT2D eigenvalue weighted by Crippen LogP contribution is 2.26. The monoisotopic (exact) mass is 358 g/mol. The predicted molar refractivity (Wildman–Crippen MR) is 93.6 cm³/mol. The van der Waals surface area contributed by atoms with Gasteiger partial charge in [-0.05, 0) is 39.0 Å². The van der Waals surface area contributed by atoms with Crippen LogP contribution in [0.1, 0.15) is 32.9 Å². The van der Waals surface area contributed by atoms with Crippen molar-refractivity contribution in [3.8, 4) is 6.07 Å². The predicted octanol–water partition coefficient (Wildman–Crippen LogP) is 3.06. The van der Waals surface area contributed by atoms with E-state index < -0.39 is 20.7 Å². The van der Waals surface area contributed by atoms with E-state index in [1.54, 1.807) is 32.0 Å². The number of hydrogen-bond acceptors (Lipinski definition) is 5. The fourth-order valence-electron chi connectivity index (χ4n) is 2.49. The molecule has 0 aliphatic carbocycles. The Balaban J connectivity index is 2.65. The molecule has 0 aliphatic rings. The number of aryl methyl sites for hydroxylation is 3. The Morgan fingerprint density at radius 1 is 1.16 bits per heavy atom. The molecular weight excluding hydrogens is 340 g/mol. The molecule has 1 heterocycles. The second kappa shape index (κ2) is 6.95. The molecule has 2 rings (SSSR count). The molecule has 7 heteroatoms. The number of nitrogens with zero attached hydrogens (tertiary/aromatic N) is 1. The highest BCUT2D eigenvalue weighted by Gasteiger charge is 2.24. The third kappa shape index (κ3) is 3.49. The summed E-state index contributed by atoms with van der Waals surface area (Å²) in [6.45, 7) is 5.21. The summed E-state index contributed by atoms with van der Waals surface area (Å²) in [5.41, 5.74) is 2.57. The smallest absolute Gasteiger partial charge is 0.340 e. The van der Waals surface area contributed by atoms with Crippen LogP contribution in [-0.2, 0) is 14.6 Å². The lowest BCUT2D eigenvalue weighted by molar-refractivity contribution is 0.0600. The maximum atomic E-state index is 12.7. The second-order valence-corrected chi connectivity index (χ2v) is 7.51. The van der Waals surface area contributed by atoms with Crippen LogP contribution in [0.15, 0.2) is 34.1 Å². The number of nitriles is 1. The van der Waals surface area contributed by atoms with Gasteiger partial charge >= 0.3 is 5.97 Å². The molecule has 1 aromatic heterocycles. The first-order valence-corrected chi connectivity index (χ1v) is 8.91. The molecule has 0 radical (unpaired) electrons. The summed E-state index contributed by atoms with van der Waals surface area (Å²) in [4.78, 5) is 14.5. The Labute approximate surface area is 146 Å². The van der Waals surface area contributed by atoms with E-state index in [0.717, 1.165) is 5.56 Å². The van der Waals surface area contributed by atoms with Crippen LogP contribution in [0.3, 0.4) is 0 Å². The molecule has 0 saturated heterocycles. The van der Waals surface area contributed by atoms with Gasteiger partial charge in [-0.2, -0.15) is 5.26 Å². The van der Waals surface area contributed by atoms with Crippen molar-refractivity contribution in [1.82, 2.24) is 4.98 Å². The van der Waals surface area contributed by atoms with Gasteiger partial charge in [-0.1, -0.05) is 17.7 Å². The highest BCUT2D eigenvalue weighted by molar-refractivity contribution is 7.95. The van der Waals surface area contributed by atoms with E-state index in [9.17, 15) is 18.5 Å². The molecule has 0 atom stereocenters. The molecule has 0 unspecified atom stereocenters. The number of methoxy groups -OCH3 is 1. The van der Waals surface area contributed by atoms with Gasteiger partial charge in [0.25, 0.3) is 0 Å². The minimum Gasteiger partial charge on any atom is -0.465 e. The summed E-state index contributed by atoms with van der Waals surface area (Å²) < 4.78 is 30.2. The van der Waals surface area contributed by atoms with Gasteiger partial charge in [-0.25, -0.2) is 13.2 Å². The summed E-state index contributed by atoms with van der Waals surface area (Å²) in [6.07, 6.45) is 1.21. The number of esters is 1. The number of allylic oxidation sites excluding steroid dienone is 1. The Hall–Kier alpha value is -2.85. The zero-order valence-corrected chi connectivity index (χ0v) is 15.2. The number of aromatic amines is 1. The lowest BCUT2D eigenvalue weighted by Crippen LogP contribution is -2.06. The van der Waals surface area contributed by atoms with E-state index in [1.165, 1.54) is 25.3 Å². The molecule has 130 valence electrons. The lowest BCUT2D eigenvalue weighted by atomic mass is 10.1. The van der Waals surface area contributed by atoms with E-state index in [4.69, 9.17) is 4.74 Å². The van der Waals surface area contributed by atoms with Crippen molar-refractivity contribution in [1.29, 1.82) is 5.26 Å². The molecule has 0 aliphatic heterocycles. The molecule has 2 aromatic rings. The number of aromatic nitrogens is 1. The third-order valence-corrected chi connectivity index (χ3v) is 5.50. The molecule has 1 aromatic carbocycles. The average molecular weight is 358 g/mol. The summed E-state index contributed by atoms with van der Waals surface area (Å²) in [7, 11) is -2.75. The standard InChI is InChI=1S/C18H18N2O4S/c1-11-5-7-14(8-6-11)25(22,23)15(10-19)9-16-12(2)20-13(3)17(16)18(21)24-4/h5-9,20H,1-4H3. The van der Waals surface area contributed by atoms with Crippen LogP contribution in [-0.4, -0.2) is 26.5 Å². The van der Waals surface area contributed by atoms with Crippen LogP contribution in [0.2, 0.25) is 0 Å². The Kier molecular flexibility index (Phi) is 5.14. The van der Waals surface area contributed by atoms with E-state index in [1.807, 2.05) is 6.92 Å². The first-order chi connectivity index (χ1) is 11.7. The SMILES string of the molecule is COC(=O)c1c(C)[nH]c(C)c1C=C(C#N)S(=O)(=O)c1ccc(C)cc1. The molecule has 0 spiro atoms. The van der Waals surface area contributed by atoms with Crippen LogP contribution < -0.4 is 0 Å². The maximum Gasteiger partial charge on any atom is 0.340 e. The largest absolute Gasteiger partial charge is 0.465 e. The summed E-state index contributed by atoms with van der Waals surface area (Å²) >= 11 is 0. The summed E-state index contributed by atoms with van der Waals surface area (Å²) in [6, 6.07) is 7.95. The quantitative estimate of drug-likeness (QED) is 0.669.